The Morgan fingerprint density at radius 1 is 1.38 bits per heavy atom. The highest BCUT2D eigenvalue weighted by Gasteiger charge is 2.17. The summed E-state index contributed by atoms with van der Waals surface area (Å²) in [5.74, 6) is -3.05. The summed E-state index contributed by atoms with van der Waals surface area (Å²) in [7, 11) is 5.25. The van der Waals surface area contributed by atoms with Gasteiger partial charge in [0.15, 0.2) is 0 Å². The van der Waals surface area contributed by atoms with E-state index in [1.54, 1.807) is 24.7 Å². The summed E-state index contributed by atoms with van der Waals surface area (Å²) >= 11 is 1.57. The number of likely N-dealkylation sites (N-methyl/N-ethyl adjacent to an activating group) is 1. The largest absolute Gasteiger partial charge is 0.480 e. The molecule has 9 nitrogen and oxygen atoms in total. The van der Waals surface area contributed by atoms with Crippen molar-refractivity contribution in [3.05, 3.63) is 16.0 Å². The van der Waals surface area contributed by atoms with Crippen LogP contribution in [0.2, 0.25) is 0 Å². The van der Waals surface area contributed by atoms with Gasteiger partial charge in [-0.1, -0.05) is 11.2 Å². The molecule has 2 rings (SSSR count). The maximum Gasteiger partial charge on any atom is 0.414 e. The van der Waals surface area contributed by atoms with Gasteiger partial charge in [0.05, 0.1) is 13.3 Å². The average Bonchev–Trinajstić information content (AvgIpc) is 2.96. The van der Waals surface area contributed by atoms with Crippen LogP contribution in [0.1, 0.15) is 16.3 Å². The van der Waals surface area contributed by atoms with Crippen LogP contribution in [-0.2, 0) is 14.4 Å². The van der Waals surface area contributed by atoms with Crippen molar-refractivity contribution in [3.8, 4) is 5.88 Å². The second-order valence-electron chi connectivity index (χ2n) is 4.68. The fourth-order valence-electron chi connectivity index (χ4n) is 1.83. The first kappa shape index (κ1) is 19.6. The molecular formula is C14H19N3O6S. The van der Waals surface area contributed by atoms with Gasteiger partial charge in [-0.15, -0.1) is 11.3 Å². The van der Waals surface area contributed by atoms with Gasteiger partial charge < -0.3 is 24.7 Å². The standard InChI is InChI=1S/C12H17N3O2S.C2H2O4/c1-15-6-4-5-9(8-15)12-14-11(16-2)10(18-12)7-13-17-3;3-1(4)2(5)6/h5,7H,4,6,8H2,1-3H3;(H,3,4)(H,5,6). The first-order valence-corrected chi connectivity index (χ1v) is 7.66. The molecule has 0 atom stereocenters. The number of thiazole rings is 1. The Balaban J connectivity index is 0.000000413. The zero-order valence-electron chi connectivity index (χ0n) is 13.6. The smallest absolute Gasteiger partial charge is 0.414 e. The Morgan fingerprint density at radius 2 is 2.04 bits per heavy atom. The van der Waals surface area contributed by atoms with Gasteiger partial charge in [0.25, 0.3) is 0 Å². The fourth-order valence-corrected chi connectivity index (χ4v) is 2.76. The third-order valence-electron chi connectivity index (χ3n) is 2.89. The highest BCUT2D eigenvalue weighted by Crippen LogP contribution is 2.30. The van der Waals surface area contributed by atoms with Gasteiger partial charge in [0.2, 0.25) is 5.88 Å². The van der Waals surface area contributed by atoms with Crippen LogP contribution >= 0.6 is 11.3 Å². The minimum Gasteiger partial charge on any atom is -0.480 e. The van der Waals surface area contributed by atoms with Crippen molar-refractivity contribution in [2.75, 3.05) is 34.4 Å². The Hall–Kier alpha value is -2.46. The van der Waals surface area contributed by atoms with E-state index in [1.165, 1.54) is 12.7 Å². The fraction of sp³-hybridized carbons (Fsp3) is 0.429. The van der Waals surface area contributed by atoms with E-state index < -0.39 is 11.9 Å². The number of ether oxygens (including phenoxy) is 1. The molecule has 2 N–H and O–H groups in total. The van der Waals surface area contributed by atoms with E-state index in [0.717, 1.165) is 29.4 Å². The summed E-state index contributed by atoms with van der Waals surface area (Å²) in [5, 5.41) is 19.5. The molecule has 10 heteroatoms. The molecule has 1 aromatic heterocycles. The third kappa shape index (κ3) is 5.97. The molecule has 1 aliphatic heterocycles. The molecule has 0 radical (unpaired) electrons. The van der Waals surface area contributed by atoms with Crippen molar-refractivity contribution < 1.29 is 29.4 Å². The number of carboxylic acids is 2. The molecule has 0 saturated carbocycles. The first-order chi connectivity index (χ1) is 11.4. The molecule has 24 heavy (non-hydrogen) atoms. The Morgan fingerprint density at radius 3 is 2.54 bits per heavy atom. The molecule has 1 aliphatic rings. The van der Waals surface area contributed by atoms with E-state index in [9.17, 15) is 0 Å². The quantitative estimate of drug-likeness (QED) is 0.465. The lowest BCUT2D eigenvalue weighted by molar-refractivity contribution is -0.159. The summed E-state index contributed by atoms with van der Waals surface area (Å²) in [6.45, 7) is 2.03. The van der Waals surface area contributed by atoms with Gasteiger partial charge in [-0.2, -0.15) is 0 Å². The maximum atomic E-state index is 9.10. The second kappa shape index (κ2) is 9.63. The summed E-state index contributed by atoms with van der Waals surface area (Å²) in [6.07, 6.45) is 4.94. The van der Waals surface area contributed by atoms with Gasteiger partial charge in [-0.05, 0) is 19.0 Å². The number of aliphatic carboxylic acids is 2. The Labute approximate surface area is 142 Å². The first-order valence-electron chi connectivity index (χ1n) is 6.84. The van der Waals surface area contributed by atoms with Crippen LogP contribution in [0.15, 0.2) is 11.2 Å². The SMILES string of the molecule is CON=Cc1sc(C2=CCCN(C)C2)nc1OC.O=C(O)C(=O)O. The summed E-state index contributed by atoms with van der Waals surface area (Å²) in [4.78, 5) is 30.5. The molecule has 0 spiro atoms. The van der Waals surface area contributed by atoms with Crippen molar-refractivity contribution >= 4 is 35.1 Å². The van der Waals surface area contributed by atoms with Crippen LogP contribution in [0.4, 0.5) is 0 Å². The van der Waals surface area contributed by atoms with Gasteiger partial charge in [-0.3, -0.25) is 0 Å². The van der Waals surface area contributed by atoms with Gasteiger partial charge >= 0.3 is 11.9 Å². The third-order valence-corrected chi connectivity index (χ3v) is 3.94. The maximum absolute atomic E-state index is 9.10. The van der Waals surface area contributed by atoms with Gasteiger partial charge in [-0.25, -0.2) is 14.6 Å². The molecule has 1 aromatic rings. The Kier molecular flexibility index (Phi) is 7.86. The molecule has 0 fully saturated rings. The molecule has 0 unspecified atom stereocenters. The highest BCUT2D eigenvalue weighted by molar-refractivity contribution is 7.14. The van der Waals surface area contributed by atoms with Crippen molar-refractivity contribution in [2.45, 2.75) is 6.42 Å². The van der Waals surface area contributed by atoms with Crippen molar-refractivity contribution in [2.24, 2.45) is 5.16 Å². The van der Waals surface area contributed by atoms with Gasteiger partial charge in [0.1, 0.15) is 17.0 Å². The lowest BCUT2D eigenvalue weighted by atomic mass is 10.1. The van der Waals surface area contributed by atoms with E-state index in [1.807, 2.05) is 0 Å². The molecule has 0 aromatic carbocycles. The molecule has 0 bridgehead atoms. The average molecular weight is 357 g/mol. The number of carbonyl (C=O) groups is 2. The van der Waals surface area contributed by atoms with Crippen LogP contribution in [-0.4, -0.2) is 72.6 Å². The minimum absolute atomic E-state index is 0.602. The zero-order chi connectivity index (χ0) is 18.1. The van der Waals surface area contributed by atoms with Crippen molar-refractivity contribution in [3.63, 3.8) is 0 Å². The lowest BCUT2D eigenvalue weighted by Crippen LogP contribution is -2.24. The minimum atomic E-state index is -1.82. The van der Waals surface area contributed by atoms with E-state index in [4.69, 9.17) is 24.5 Å². The van der Waals surface area contributed by atoms with E-state index in [0.29, 0.717) is 5.88 Å². The number of hydrogen-bond acceptors (Lipinski definition) is 8. The summed E-state index contributed by atoms with van der Waals surface area (Å²) in [5.41, 5.74) is 1.25. The number of methoxy groups -OCH3 is 1. The molecular weight excluding hydrogens is 338 g/mol. The molecule has 0 aliphatic carbocycles. The van der Waals surface area contributed by atoms with E-state index >= 15 is 0 Å². The van der Waals surface area contributed by atoms with E-state index in [-0.39, 0.29) is 0 Å². The highest BCUT2D eigenvalue weighted by atomic mass is 32.1. The summed E-state index contributed by atoms with van der Waals surface area (Å²) < 4.78 is 5.25. The van der Waals surface area contributed by atoms with Crippen molar-refractivity contribution in [1.82, 2.24) is 9.88 Å². The van der Waals surface area contributed by atoms with Crippen LogP contribution in [0.25, 0.3) is 5.57 Å². The number of nitrogens with zero attached hydrogens (tertiary/aromatic N) is 3. The molecule has 132 valence electrons. The van der Waals surface area contributed by atoms with Crippen LogP contribution < -0.4 is 4.74 Å². The molecule has 2 heterocycles. The van der Waals surface area contributed by atoms with Crippen LogP contribution in [0.5, 0.6) is 5.88 Å². The lowest BCUT2D eigenvalue weighted by Gasteiger charge is -2.21. The Bertz CT molecular complexity index is 628. The van der Waals surface area contributed by atoms with E-state index in [2.05, 4.69) is 33.0 Å². The normalized spacial score (nSPS) is 14.5. The summed E-state index contributed by atoms with van der Waals surface area (Å²) in [6, 6.07) is 0. The molecule has 0 amide bonds. The predicted molar refractivity (Wildman–Crippen MR) is 88.6 cm³/mol. The van der Waals surface area contributed by atoms with Crippen LogP contribution in [0.3, 0.4) is 0 Å². The zero-order valence-corrected chi connectivity index (χ0v) is 14.4. The van der Waals surface area contributed by atoms with Crippen LogP contribution in [0, 0.1) is 0 Å². The second-order valence-corrected chi connectivity index (χ2v) is 5.71. The topological polar surface area (TPSA) is 122 Å². The number of aromatic nitrogens is 1. The number of hydrogen-bond donors (Lipinski definition) is 2. The number of rotatable bonds is 4. The molecule has 0 saturated heterocycles. The van der Waals surface area contributed by atoms with Crippen molar-refractivity contribution in [1.29, 1.82) is 0 Å². The number of oxime groups is 1. The monoisotopic (exact) mass is 357 g/mol. The van der Waals surface area contributed by atoms with Gasteiger partial charge in [0, 0.05) is 13.1 Å². The number of carboxylic acid groups (broad SMARTS) is 2. The predicted octanol–water partition coefficient (Wildman–Crippen LogP) is 1.01.